The minimum absolute atomic E-state index is 0.121. The van der Waals surface area contributed by atoms with Crippen LogP contribution in [0, 0.1) is 5.41 Å². The number of hydrogen-bond donors (Lipinski definition) is 1. The number of halogens is 1. The van der Waals surface area contributed by atoms with E-state index < -0.39 is 11.3 Å². The lowest BCUT2D eigenvalue weighted by Crippen LogP contribution is -2.41. The van der Waals surface area contributed by atoms with E-state index in [2.05, 4.69) is 35.5 Å². The Balaban J connectivity index is 1.82. The Kier molecular flexibility index (Phi) is 5.78. The Morgan fingerprint density at radius 3 is 2.76 bits per heavy atom. The highest BCUT2D eigenvalue weighted by molar-refractivity contribution is 6.33. The summed E-state index contributed by atoms with van der Waals surface area (Å²) in [7, 11) is 0. The summed E-state index contributed by atoms with van der Waals surface area (Å²) >= 11 is 6.58. The van der Waals surface area contributed by atoms with E-state index in [0.717, 1.165) is 29.8 Å². The van der Waals surface area contributed by atoms with Crippen LogP contribution in [0.15, 0.2) is 43.2 Å². The fraction of sp³-hybridized carbons (Fsp3) is 0.360. The summed E-state index contributed by atoms with van der Waals surface area (Å²) in [5.41, 5.74) is 9.03. The van der Waals surface area contributed by atoms with Crippen LogP contribution in [0.4, 0.5) is 0 Å². The largest absolute Gasteiger partial charge is 0.492 e. The molecule has 1 atom stereocenters. The van der Waals surface area contributed by atoms with Crippen molar-refractivity contribution in [3.8, 4) is 11.1 Å². The van der Waals surface area contributed by atoms with E-state index in [9.17, 15) is 4.79 Å². The molecule has 33 heavy (non-hydrogen) atoms. The number of hydrogen-bond acceptors (Lipinski definition) is 5. The zero-order valence-electron chi connectivity index (χ0n) is 19.4. The van der Waals surface area contributed by atoms with Gasteiger partial charge in [-0.15, -0.1) is 0 Å². The quantitative estimate of drug-likeness (QED) is 0.522. The Hall–Kier alpha value is -3.19. The number of fused-ring (bicyclic) bond motifs is 1. The van der Waals surface area contributed by atoms with Crippen molar-refractivity contribution in [2.45, 2.75) is 46.1 Å². The van der Waals surface area contributed by atoms with Crippen molar-refractivity contribution in [2.24, 2.45) is 11.1 Å². The van der Waals surface area contributed by atoms with Crippen molar-refractivity contribution in [2.75, 3.05) is 6.61 Å². The lowest BCUT2D eigenvalue weighted by atomic mass is 9.80. The molecule has 0 spiro atoms. The van der Waals surface area contributed by atoms with Gasteiger partial charge in [0.1, 0.15) is 16.9 Å². The van der Waals surface area contributed by atoms with Gasteiger partial charge in [0, 0.05) is 29.6 Å². The maximum Gasteiger partial charge on any atom is 0.235 e. The van der Waals surface area contributed by atoms with Gasteiger partial charge in [-0.2, -0.15) is 5.10 Å². The minimum atomic E-state index is -1.29. The molecule has 0 bridgehead atoms. The van der Waals surface area contributed by atoms with Crippen LogP contribution in [-0.2, 0) is 27.9 Å². The van der Waals surface area contributed by atoms with Crippen LogP contribution < -0.4 is 5.73 Å². The molecule has 4 heterocycles. The Morgan fingerprint density at radius 1 is 1.30 bits per heavy atom. The summed E-state index contributed by atoms with van der Waals surface area (Å²) in [6.07, 6.45) is 4.26. The monoisotopic (exact) mass is 465 g/mol. The van der Waals surface area contributed by atoms with Gasteiger partial charge in [0.05, 0.1) is 29.2 Å². The number of pyridine rings is 2. The van der Waals surface area contributed by atoms with E-state index >= 15 is 0 Å². The van der Waals surface area contributed by atoms with Gasteiger partial charge in [0.15, 0.2) is 0 Å². The molecule has 1 aliphatic rings. The molecule has 0 saturated carbocycles. The lowest BCUT2D eigenvalue weighted by Gasteiger charge is -2.26. The van der Waals surface area contributed by atoms with Gasteiger partial charge in [-0.05, 0) is 43.9 Å². The molecule has 0 aromatic carbocycles. The molecule has 3 aromatic heterocycles. The van der Waals surface area contributed by atoms with E-state index in [4.69, 9.17) is 22.1 Å². The van der Waals surface area contributed by atoms with E-state index in [1.165, 1.54) is 0 Å². The third kappa shape index (κ3) is 4.02. The van der Waals surface area contributed by atoms with Crippen molar-refractivity contribution < 1.29 is 9.53 Å². The van der Waals surface area contributed by atoms with Gasteiger partial charge in [-0.3, -0.25) is 14.5 Å². The second-order valence-electron chi connectivity index (χ2n) is 9.31. The van der Waals surface area contributed by atoms with E-state index in [1.807, 2.05) is 23.9 Å². The number of carbonyl (C=O) groups is 1. The van der Waals surface area contributed by atoms with Crippen molar-refractivity contribution in [1.82, 2.24) is 19.7 Å². The van der Waals surface area contributed by atoms with Crippen LogP contribution in [0.5, 0.6) is 0 Å². The SMILES string of the molecule is C=C(OCC)c1cccc(C(C)(C(N)=O)c2cc(-c3cnn4c3CC(C)(C)C4)c(Cl)cn2)n1. The first-order valence-electron chi connectivity index (χ1n) is 10.9. The molecule has 2 N–H and O–H groups in total. The maximum absolute atomic E-state index is 12.8. The average molecular weight is 466 g/mol. The molecule has 0 aliphatic carbocycles. The highest BCUT2D eigenvalue weighted by Crippen LogP contribution is 2.40. The maximum atomic E-state index is 12.8. The van der Waals surface area contributed by atoms with Crippen LogP contribution in [0.2, 0.25) is 5.02 Å². The highest BCUT2D eigenvalue weighted by atomic mass is 35.5. The first kappa shape index (κ1) is 23.0. The van der Waals surface area contributed by atoms with Gasteiger partial charge in [-0.1, -0.05) is 38.1 Å². The van der Waals surface area contributed by atoms with E-state index in [0.29, 0.717) is 34.5 Å². The number of nitrogens with two attached hydrogens (primary N) is 1. The summed E-state index contributed by atoms with van der Waals surface area (Å²) in [5, 5.41) is 5.04. The van der Waals surface area contributed by atoms with Crippen molar-refractivity contribution in [3.63, 3.8) is 0 Å². The third-order valence-electron chi connectivity index (χ3n) is 6.19. The Labute approximate surface area is 198 Å². The van der Waals surface area contributed by atoms with Crippen LogP contribution in [0.25, 0.3) is 16.9 Å². The van der Waals surface area contributed by atoms with Crippen LogP contribution in [0.3, 0.4) is 0 Å². The third-order valence-corrected chi connectivity index (χ3v) is 6.49. The van der Waals surface area contributed by atoms with E-state index in [1.54, 1.807) is 31.3 Å². The number of rotatable bonds is 7. The molecule has 0 saturated heterocycles. The fourth-order valence-electron chi connectivity index (χ4n) is 4.29. The first-order chi connectivity index (χ1) is 15.6. The van der Waals surface area contributed by atoms with Gasteiger partial charge in [0.25, 0.3) is 0 Å². The van der Waals surface area contributed by atoms with Gasteiger partial charge >= 0.3 is 0 Å². The average Bonchev–Trinajstić information content (AvgIpc) is 3.28. The Bertz CT molecular complexity index is 1250. The molecule has 1 amide bonds. The normalized spacial score (nSPS) is 16.2. The molecular formula is C25H28ClN5O2. The topological polar surface area (TPSA) is 95.9 Å². The summed E-state index contributed by atoms with van der Waals surface area (Å²) in [6, 6.07) is 7.15. The first-order valence-corrected chi connectivity index (χ1v) is 11.2. The number of primary amides is 1. The summed E-state index contributed by atoms with van der Waals surface area (Å²) in [5.74, 6) is -0.148. The summed E-state index contributed by atoms with van der Waals surface area (Å²) in [6.45, 7) is 13.2. The number of aromatic nitrogens is 4. The van der Waals surface area contributed by atoms with Crippen molar-refractivity contribution in [3.05, 3.63) is 71.0 Å². The zero-order valence-corrected chi connectivity index (χ0v) is 20.1. The number of ether oxygens (including phenoxy) is 1. The number of amides is 1. The predicted molar refractivity (Wildman–Crippen MR) is 128 cm³/mol. The second kappa shape index (κ2) is 8.30. The molecular weight excluding hydrogens is 438 g/mol. The van der Waals surface area contributed by atoms with Gasteiger partial charge < -0.3 is 10.5 Å². The van der Waals surface area contributed by atoms with Gasteiger partial charge in [-0.25, -0.2) is 4.98 Å². The predicted octanol–water partition coefficient (Wildman–Crippen LogP) is 4.37. The minimum Gasteiger partial charge on any atom is -0.492 e. The fourth-order valence-corrected chi connectivity index (χ4v) is 4.50. The lowest BCUT2D eigenvalue weighted by molar-refractivity contribution is -0.121. The molecule has 8 heteroatoms. The van der Waals surface area contributed by atoms with Crippen LogP contribution in [-0.4, -0.2) is 32.3 Å². The smallest absolute Gasteiger partial charge is 0.235 e. The Morgan fingerprint density at radius 2 is 2.06 bits per heavy atom. The van der Waals surface area contributed by atoms with Crippen LogP contribution >= 0.6 is 11.6 Å². The van der Waals surface area contributed by atoms with Crippen molar-refractivity contribution >= 4 is 23.3 Å². The molecule has 1 aliphatic heterocycles. The van der Waals surface area contributed by atoms with Gasteiger partial charge in [0.2, 0.25) is 5.91 Å². The van der Waals surface area contributed by atoms with Crippen LogP contribution in [0.1, 0.15) is 50.5 Å². The molecule has 0 radical (unpaired) electrons. The number of carbonyl (C=O) groups excluding carboxylic acids is 1. The standard InChI is InChI=1S/C25H28ClN5O2/c1-6-33-15(2)19-8-7-9-21(30-19)25(5,23(27)32)22-10-16(18(26)13-28-22)17-12-29-31-14-24(3,4)11-20(17)31/h7-10,12-13H,2,6,11,14H2,1,3-5H3,(H2,27,32). The zero-order chi connectivity index (χ0) is 24.0. The molecule has 1 unspecified atom stereocenters. The van der Waals surface area contributed by atoms with E-state index in [-0.39, 0.29) is 5.41 Å². The second-order valence-corrected chi connectivity index (χ2v) is 9.71. The summed E-state index contributed by atoms with van der Waals surface area (Å²) in [4.78, 5) is 22.0. The summed E-state index contributed by atoms with van der Waals surface area (Å²) < 4.78 is 7.51. The highest BCUT2D eigenvalue weighted by Gasteiger charge is 2.40. The molecule has 0 fully saturated rings. The van der Waals surface area contributed by atoms with Crippen molar-refractivity contribution in [1.29, 1.82) is 0 Å². The molecule has 4 rings (SSSR count). The molecule has 7 nitrogen and oxygen atoms in total. The molecule has 3 aromatic rings. The number of nitrogens with zero attached hydrogens (tertiary/aromatic N) is 4. The molecule has 172 valence electrons.